The van der Waals surface area contributed by atoms with Gasteiger partial charge in [0, 0.05) is 137 Å². The SMILES string of the molecule is CC(C)N1C2CC3CC1CC(C2)[N+]3(C)C(C)C.CC(C)N1C2CCC1C1CCC2[N+]1(C)C(C)C.CC(C)N1CCCc2n1cc[n+]2C(C)C.CC(C)N1CCOc2c1ccc[n+]2C(C)C.CC(C)N1CCc2c(ccc[n+]2C(C)C)N1.CC(C)N1NCCc2c1ccc[n+]2C(C)C.CC(C)c1sc2c([n+]1C(C)C)CCC2. The first kappa shape index (κ1) is 88.4. The number of rotatable bonds is 14. The lowest BCUT2D eigenvalue weighted by molar-refractivity contribution is -0.988. The number of aryl methyl sites for hydroxylation is 1. The maximum Gasteiger partial charge on any atom is 0.392 e. The Morgan fingerprint density at radius 1 is 0.477 bits per heavy atom. The highest BCUT2D eigenvalue weighted by Crippen LogP contribution is 2.52. The van der Waals surface area contributed by atoms with Crippen molar-refractivity contribution >= 4 is 28.4 Å². The zero-order chi connectivity index (χ0) is 81.2. The van der Waals surface area contributed by atoms with E-state index >= 15 is 0 Å². The predicted molar refractivity (Wildman–Crippen MR) is 464 cm³/mol. The van der Waals surface area contributed by atoms with Crippen LogP contribution in [0.4, 0.5) is 17.1 Å². The van der Waals surface area contributed by atoms with Crippen LogP contribution in [-0.2, 0) is 32.1 Å². The van der Waals surface area contributed by atoms with Crippen molar-refractivity contribution in [2.75, 3.05) is 67.2 Å². The number of quaternary nitrogens is 2. The van der Waals surface area contributed by atoms with Gasteiger partial charge in [0.05, 0.1) is 86.8 Å². The van der Waals surface area contributed by atoms with E-state index in [1.807, 2.05) is 11.3 Å². The fourth-order valence-electron chi connectivity index (χ4n) is 22.3. The van der Waals surface area contributed by atoms with Crippen LogP contribution in [0.3, 0.4) is 0 Å². The van der Waals surface area contributed by atoms with Crippen molar-refractivity contribution in [1.82, 2.24) is 24.9 Å². The van der Waals surface area contributed by atoms with E-state index in [4.69, 9.17) is 4.74 Å². The molecule has 18 heteroatoms. The highest BCUT2D eigenvalue weighted by Gasteiger charge is 2.64. The van der Waals surface area contributed by atoms with E-state index in [0.29, 0.717) is 60.3 Å². The molecule has 7 fully saturated rings. The zero-order valence-corrected chi connectivity index (χ0v) is 77.1. The van der Waals surface area contributed by atoms with Crippen LogP contribution in [0.5, 0.6) is 5.88 Å². The molecule has 0 spiro atoms. The third-order valence-electron chi connectivity index (χ3n) is 27.9. The molecule has 5 aromatic rings. The van der Waals surface area contributed by atoms with E-state index in [0.717, 1.165) is 117 Å². The third kappa shape index (κ3) is 18.6. The standard InChI is InChI=1S/2C15H29N2.2C13H22N3.C13H21N2O.C12H22N3.C12H20NS/c1-10(2)16-12-6-14-8-13(16)9-15(7-12)17(14,5)11(3)4;1-10(2)16-12-6-7-13(16)15-9-8-14(12)17(15,5)11(3)4;1-10(2)15-9-5-6-13-12(15)7-8-14-16(13)11(3)4;1-10(2)15-8-5-6-12-13(15)7-9-16(14-12)11(3)4;1-10(2)14-8-9-16-13-12(14)6-5-7-15(13)11(3)4;1-10(2)13-8-9-15-12(13)6-5-7-14(15)11(3)4;1-8(2)12-13(9(3)4)10-6-5-7-11(10)14-12/h2*10-15H,6-9H2,1-5H3;5-6,9-11,14H,7-8H2,1-4H3;5-6,8,10-11,14H,7,9H2,1-4H3;5-7,10-11H,8-9H2,1-4H3;8-11H,5-7H2,1-4H3;8-9H,5-7H2,1-4H3/q7*+1. The van der Waals surface area contributed by atoms with Crippen LogP contribution in [0.2, 0.25) is 0 Å². The smallest absolute Gasteiger partial charge is 0.392 e. The second-order valence-corrected chi connectivity index (χ2v) is 40.3. The van der Waals surface area contributed by atoms with Gasteiger partial charge in [-0.1, -0.05) is 25.2 Å². The number of ether oxygens (including phenoxy) is 1. The number of piperidine rings is 4. The van der Waals surface area contributed by atoms with E-state index < -0.39 is 0 Å². The van der Waals surface area contributed by atoms with Gasteiger partial charge in [-0.25, -0.2) is 20.0 Å². The first-order valence-corrected chi connectivity index (χ1v) is 46.0. The number of pyridine rings is 3. The molecule has 16 heterocycles. The molecule has 8 bridgehead atoms. The number of hydrogen-bond donors (Lipinski definition) is 2. The quantitative estimate of drug-likeness (QED) is 0.0835. The van der Waals surface area contributed by atoms with Crippen LogP contribution in [0, 0.1) is 0 Å². The maximum absolute atomic E-state index is 5.82. The molecule has 111 heavy (non-hydrogen) atoms. The number of hydrazine groups is 2. The molecule has 12 aliphatic rings. The fraction of sp³-hybridized carbons (Fsp3) is 0.774. The minimum Gasteiger partial charge on any atom is -0.441 e. The number of anilines is 3. The minimum atomic E-state index is 0.432. The number of nitrogens with zero attached hydrogens (tertiary/aromatic N) is 14. The van der Waals surface area contributed by atoms with Gasteiger partial charge in [0.2, 0.25) is 16.4 Å². The molecule has 17 nitrogen and oxygen atoms in total. The third-order valence-corrected chi connectivity index (χ3v) is 29.5. The van der Waals surface area contributed by atoms with Crippen LogP contribution < -0.4 is 53.3 Å². The molecule has 11 aliphatic heterocycles. The van der Waals surface area contributed by atoms with E-state index in [1.54, 1.807) is 15.6 Å². The van der Waals surface area contributed by atoms with Crippen molar-refractivity contribution in [3.63, 3.8) is 0 Å². The summed E-state index contributed by atoms with van der Waals surface area (Å²) < 4.78 is 22.8. The summed E-state index contributed by atoms with van der Waals surface area (Å²) in [7, 11) is 5.09. The van der Waals surface area contributed by atoms with Gasteiger partial charge >= 0.3 is 5.88 Å². The van der Waals surface area contributed by atoms with E-state index in [9.17, 15) is 0 Å². The topological polar surface area (TPSA) is 77.1 Å². The summed E-state index contributed by atoms with van der Waals surface area (Å²) in [5.41, 5.74) is 15.3. The Hall–Kier alpha value is -4.95. The number of hydrogen-bond acceptors (Lipinski definition) is 10. The molecule has 622 valence electrons. The van der Waals surface area contributed by atoms with E-state index in [2.05, 4.69) is 343 Å². The van der Waals surface area contributed by atoms with Gasteiger partial charge in [0.25, 0.3) is 5.82 Å². The van der Waals surface area contributed by atoms with Gasteiger partial charge in [-0.3, -0.25) is 9.80 Å². The lowest BCUT2D eigenvalue weighted by atomic mass is 9.70. The Bertz CT molecular complexity index is 3640. The number of imidazole rings is 1. The van der Waals surface area contributed by atoms with Crippen LogP contribution in [0.1, 0.15) is 327 Å². The lowest BCUT2D eigenvalue weighted by Gasteiger charge is -2.66. The average Bonchev–Trinajstić information content (AvgIpc) is 1.61. The summed E-state index contributed by atoms with van der Waals surface area (Å²) in [4.78, 5) is 9.78. The summed E-state index contributed by atoms with van der Waals surface area (Å²) >= 11 is 2.05. The van der Waals surface area contributed by atoms with Gasteiger partial charge < -0.3 is 29.0 Å². The number of likely N-dealkylation sites (N-methyl/N-ethyl adjacent to an activating group) is 1. The summed E-state index contributed by atoms with van der Waals surface area (Å²) in [5.74, 6) is 3.13. The second kappa shape index (κ2) is 37.5. The zero-order valence-electron chi connectivity index (χ0n) is 76.3. The molecule has 0 amide bonds. The Morgan fingerprint density at radius 3 is 1.53 bits per heavy atom. The molecular formula is C93H165N16OS+7. The van der Waals surface area contributed by atoms with Crippen molar-refractivity contribution in [2.45, 2.75) is 423 Å². The van der Waals surface area contributed by atoms with Crippen molar-refractivity contribution in [2.24, 2.45) is 0 Å². The van der Waals surface area contributed by atoms with Gasteiger partial charge in [-0.05, 0) is 230 Å². The van der Waals surface area contributed by atoms with Crippen LogP contribution in [0.25, 0.3) is 0 Å². The van der Waals surface area contributed by atoms with Gasteiger partial charge in [0.1, 0.15) is 36.3 Å². The average molecular weight is 1560 g/mol. The molecule has 1 aliphatic carbocycles. The molecule has 4 atom stereocenters. The highest BCUT2D eigenvalue weighted by atomic mass is 32.1. The summed E-state index contributed by atoms with van der Waals surface area (Å²) in [6, 6.07) is 28.1. The highest BCUT2D eigenvalue weighted by molar-refractivity contribution is 7.11. The Balaban J connectivity index is 0.000000138. The van der Waals surface area contributed by atoms with Crippen LogP contribution in [-0.4, -0.2) is 172 Å². The maximum atomic E-state index is 5.82. The molecule has 7 saturated heterocycles. The minimum absolute atomic E-state index is 0.432. The predicted octanol–water partition coefficient (Wildman–Crippen LogP) is 16.3. The number of nitrogens with one attached hydrogen (secondary N) is 2. The van der Waals surface area contributed by atoms with Crippen molar-refractivity contribution < 1.29 is 36.5 Å². The molecule has 0 aromatic carbocycles. The first-order valence-electron chi connectivity index (χ1n) is 45.2. The Labute approximate surface area is 682 Å². The summed E-state index contributed by atoms with van der Waals surface area (Å²) in [5, 5.41) is 8.59. The van der Waals surface area contributed by atoms with Crippen LogP contribution in [0.15, 0.2) is 67.4 Å². The molecule has 0 saturated carbocycles. The number of thiazole rings is 1. The summed E-state index contributed by atoms with van der Waals surface area (Å²) in [6.07, 6.45) is 31.3. The van der Waals surface area contributed by atoms with Crippen molar-refractivity contribution in [1.29, 1.82) is 0 Å². The van der Waals surface area contributed by atoms with Crippen molar-refractivity contribution in [3.05, 3.63) is 100 Å². The van der Waals surface area contributed by atoms with Gasteiger partial charge in [0.15, 0.2) is 60.3 Å². The number of piperazine rings is 1. The number of aromatic nitrogens is 6. The molecular weight excluding hydrogens is 1390 g/mol. The molecule has 4 unspecified atom stereocenters. The molecule has 5 aromatic heterocycles. The lowest BCUT2D eigenvalue weighted by Crippen LogP contribution is -2.77. The first-order chi connectivity index (χ1) is 52.4. The molecule has 17 rings (SSSR count). The van der Waals surface area contributed by atoms with Crippen LogP contribution >= 0.6 is 11.3 Å². The largest absolute Gasteiger partial charge is 0.441 e. The van der Waals surface area contributed by atoms with E-state index in [-0.39, 0.29) is 0 Å². The fourth-order valence-corrected chi connectivity index (χ4v) is 23.7. The Morgan fingerprint density at radius 2 is 1.03 bits per heavy atom. The van der Waals surface area contributed by atoms with Gasteiger partial charge in [-0.2, -0.15) is 18.3 Å². The molecule has 2 N–H and O–H groups in total. The van der Waals surface area contributed by atoms with Crippen molar-refractivity contribution in [3.8, 4) is 5.88 Å². The monoisotopic (exact) mass is 1550 g/mol. The Kier molecular flexibility index (Phi) is 29.9. The van der Waals surface area contributed by atoms with Gasteiger partial charge in [-0.15, -0.1) is 4.68 Å². The van der Waals surface area contributed by atoms with E-state index in [1.165, 1.54) is 133 Å². The normalized spacial score (nSPS) is 26.2. The second-order valence-electron chi connectivity index (χ2n) is 39.2. The summed E-state index contributed by atoms with van der Waals surface area (Å²) in [6.45, 7) is 69.2. The molecule has 0 radical (unpaired) electrons. The number of fused-ring (bicyclic) bond motifs is 11.